The number of nitrogens with zero attached hydrogens (tertiary/aromatic N) is 2. The van der Waals surface area contributed by atoms with Crippen molar-refractivity contribution in [3.8, 4) is 40.1 Å². The Morgan fingerprint density at radius 2 is 1.69 bits per heavy atom. The number of rotatable bonds is 5. The van der Waals surface area contributed by atoms with Crippen LogP contribution in [0.25, 0.3) is 22.4 Å². The molecule has 0 atom stereocenters. The Balaban J connectivity index is 2.25. The van der Waals surface area contributed by atoms with Gasteiger partial charge in [-0.1, -0.05) is 12.1 Å². The van der Waals surface area contributed by atoms with Gasteiger partial charge in [0, 0.05) is 11.1 Å². The minimum Gasteiger partial charge on any atom is -0.494 e. The molecule has 0 aliphatic carbocycles. The van der Waals surface area contributed by atoms with E-state index in [1.54, 1.807) is 12.1 Å². The molecule has 0 radical (unpaired) electrons. The monoisotopic (exact) mass is 413 g/mol. The van der Waals surface area contributed by atoms with Crippen molar-refractivity contribution in [3.63, 3.8) is 0 Å². The third-order valence-corrected chi connectivity index (χ3v) is 5.15. The minimum atomic E-state index is -3.85. The molecule has 0 saturated heterocycles. The number of hydrogen-bond acceptors (Lipinski definition) is 6. The number of benzene rings is 2. The van der Waals surface area contributed by atoms with Gasteiger partial charge in [0.1, 0.15) is 11.6 Å². The first kappa shape index (κ1) is 20.3. The molecule has 0 amide bonds. The highest BCUT2D eigenvalue weighted by atomic mass is 32.2. The summed E-state index contributed by atoms with van der Waals surface area (Å²) in [4.78, 5) is 4.33. The summed E-state index contributed by atoms with van der Waals surface area (Å²) in [5, 5.41) is 14.5. The van der Waals surface area contributed by atoms with Gasteiger partial charge in [0.15, 0.2) is 11.6 Å². The average Bonchev–Trinajstić information content (AvgIpc) is 2.72. The van der Waals surface area contributed by atoms with E-state index in [9.17, 15) is 18.1 Å². The Kier molecular flexibility index (Phi) is 5.50. The van der Waals surface area contributed by atoms with E-state index in [-0.39, 0.29) is 22.1 Å². The third-order valence-electron chi connectivity index (χ3n) is 4.22. The van der Waals surface area contributed by atoms with Crippen LogP contribution in [0.15, 0.2) is 53.4 Å². The first-order valence-corrected chi connectivity index (χ1v) is 9.79. The van der Waals surface area contributed by atoms with E-state index >= 15 is 0 Å². The summed E-state index contributed by atoms with van der Waals surface area (Å²) in [6.45, 7) is 0. The Morgan fingerprint density at radius 1 is 1.03 bits per heavy atom. The molecule has 29 heavy (non-hydrogen) atoms. The number of ether oxygens (including phenoxy) is 2. The quantitative estimate of drug-likeness (QED) is 0.687. The number of nitriles is 1. The van der Waals surface area contributed by atoms with Crippen molar-refractivity contribution in [2.24, 2.45) is 5.14 Å². The highest BCUT2D eigenvalue weighted by Crippen LogP contribution is 2.36. The molecule has 148 valence electrons. The average molecular weight is 413 g/mol. The fraction of sp³-hybridized carbons (Fsp3) is 0.100. The van der Waals surface area contributed by atoms with E-state index < -0.39 is 15.8 Å². The first-order chi connectivity index (χ1) is 13.8. The predicted octanol–water partition coefficient (Wildman–Crippen LogP) is 3.09. The zero-order valence-corrected chi connectivity index (χ0v) is 16.3. The van der Waals surface area contributed by atoms with Crippen LogP contribution in [0.3, 0.4) is 0 Å². The molecule has 0 fully saturated rings. The predicted molar refractivity (Wildman–Crippen MR) is 104 cm³/mol. The lowest BCUT2D eigenvalue weighted by Gasteiger charge is -2.13. The van der Waals surface area contributed by atoms with Crippen LogP contribution in [0.5, 0.6) is 11.6 Å². The topological polar surface area (TPSA) is 115 Å². The van der Waals surface area contributed by atoms with E-state index in [1.165, 1.54) is 50.6 Å². The van der Waals surface area contributed by atoms with Gasteiger partial charge in [0.25, 0.3) is 0 Å². The second-order valence-electron chi connectivity index (χ2n) is 5.97. The highest BCUT2D eigenvalue weighted by Gasteiger charge is 2.18. The molecule has 0 saturated carbocycles. The summed E-state index contributed by atoms with van der Waals surface area (Å²) in [5.74, 6) is -0.414. The molecule has 9 heteroatoms. The summed E-state index contributed by atoms with van der Waals surface area (Å²) < 4.78 is 47.4. The number of aromatic nitrogens is 1. The van der Waals surface area contributed by atoms with Gasteiger partial charge in [-0.2, -0.15) is 5.26 Å². The van der Waals surface area contributed by atoms with Gasteiger partial charge in [0.05, 0.1) is 24.8 Å². The molecule has 0 aliphatic rings. The second-order valence-corrected chi connectivity index (χ2v) is 7.53. The van der Waals surface area contributed by atoms with Gasteiger partial charge in [0.2, 0.25) is 15.9 Å². The maximum Gasteiger partial charge on any atom is 0.238 e. The molecule has 7 nitrogen and oxygen atoms in total. The zero-order valence-electron chi connectivity index (χ0n) is 15.5. The minimum absolute atomic E-state index is 0.0553. The van der Waals surface area contributed by atoms with E-state index in [0.29, 0.717) is 22.4 Å². The van der Waals surface area contributed by atoms with Crippen LogP contribution >= 0.6 is 0 Å². The molecule has 0 aliphatic heterocycles. The van der Waals surface area contributed by atoms with E-state index in [0.717, 1.165) is 0 Å². The van der Waals surface area contributed by atoms with Crippen molar-refractivity contribution in [2.75, 3.05) is 14.2 Å². The van der Waals surface area contributed by atoms with Crippen LogP contribution in [-0.4, -0.2) is 27.6 Å². The van der Waals surface area contributed by atoms with Crippen molar-refractivity contribution in [1.82, 2.24) is 4.98 Å². The normalized spacial score (nSPS) is 11.0. The smallest absolute Gasteiger partial charge is 0.238 e. The van der Waals surface area contributed by atoms with Crippen molar-refractivity contribution < 1.29 is 22.3 Å². The third kappa shape index (κ3) is 4.03. The number of primary sulfonamides is 1. The largest absolute Gasteiger partial charge is 0.494 e. The Morgan fingerprint density at radius 3 is 2.21 bits per heavy atom. The number of hydrogen-bond donors (Lipinski definition) is 1. The molecule has 1 heterocycles. The second kappa shape index (κ2) is 7.87. The number of methoxy groups -OCH3 is 2. The summed E-state index contributed by atoms with van der Waals surface area (Å²) in [7, 11) is -1.11. The van der Waals surface area contributed by atoms with Crippen LogP contribution in [0.2, 0.25) is 0 Å². The number of pyridine rings is 1. The zero-order chi connectivity index (χ0) is 21.2. The fourth-order valence-corrected chi connectivity index (χ4v) is 3.33. The van der Waals surface area contributed by atoms with Crippen LogP contribution in [0.4, 0.5) is 4.39 Å². The summed E-state index contributed by atoms with van der Waals surface area (Å²) in [6, 6.07) is 13.7. The van der Waals surface area contributed by atoms with E-state index in [1.807, 2.05) is 6.07 Å². The fourth-order valence-electron chi connectivity index (χ4n) is 2.81. The molecule has 3 aromatic rings. The molecule has 2 aromatic carbocycles. The Hall–Kier alpha value is -3.48. The lowest BCUT2D eigenvalue weighted by molar-refractivity contribution is 0.386. The van der Waals surface area contributed by atoms with Gasteiger partial charge >= 0.3 is 0 Å². The molecule has 1 aromatic heterocycles. The lowest BCUT2D eigenvalue weighted by atomic mass is 9.97. The molecule has 0 bridgehead atoms. The summed E-state index contributed by atoms with van der Waals surface area (Å²) >= 11 is 0. The standard InChI is InChI=1S/C20H16FN3O4S/c1-27-18-8-5-13(10-17(18)21)19-16(9-14(11-22)20(24-19)28-2)12-3-6-15(7-4-12)29(23,25)26/h3-10H,1-2H3,(H2,23,25,26). The molecular formula is C20H16FN3O4S. The number of sulfonamides is 1. The number of nitrogens with two attached hydrogens (primary N) is 1. The maximum absolute atomic E-state index is 14.3. The van der Waals surface area contributed by atoms with Crippen LogP contribution < -0.4 is 14.6 Å². The van der Waals surface area contributed by atoms with Crippen molar-refractivity contribution >= 4 is 10.0 Å². The van der Waals surface area contributed by atoms with Gasteiger partial charge in [-0.05, 0) is 42.0 Å². The lowest BCUT2D eigenvalue weighted by Crippen LogP contribution is -2.11. The van der Waals surface area contributed by atoms with Crippen molar-refractivity contribution in [2.45, 2.75) is 4.90 Å². The highest BCUT2D eigenvalue weighted by molar-refractivity contribution is 7.89. The number of halogens is 1. The van der Waals surface area contributed by atoms with Crippen LogP contribution in [-0.2, 0) is 10.0 Å². The van der Waals surface area contributed by atoms with Crippen LogP contribution in [0.1, 0.15) is 5.56 Å². The van der Waals surface area contributed by atoms with Gasteiger partial charge in [-0.25, -0.2) is 22.9 Å². The molecule has 3 rings (SSSR count). The summed E-state index contributed by atoms with van der Waals surface area (Å²) in [6.07, 6.45) is 0. The van der Waals surface area contributed by atoms with E-state index in [2.05, 4.69) is 4.98 Å². The van der Waals surface area contributed by atoms with Crippen LogP contribution in [0, 0.1) is 17.1 Å². The Labute approximate surface area is 167 Å². The van der Waals surface area contributed by atoms with Crippen molar-refractivity contribution in [1.29, 1.82) is 5.26 Å². The molecule has 2 N–H and O–H groups in total. The van der Waals surface area contributed by atoms with Gasteiger partial charge < -0.3 is 9.47 Å². The molecular weight excluding hydrogens is 397 g/mol. The first-order valence-electron chi connectivity index (χ1n) is 8.24. The summed E-state index contributed by atoms with van der Waals surface area (Å²) in [5.41, 5.74) is 2.02. The molecule has 0 spiro atoms. The van der Waals surface area contributed by atoms with E-state index in [4.69, 9.17) is 14.6 Å². The Bertz CT molecular complexity index is 1220. The van der Waals surface area contributed by atoms with Crippen molar-refractivity contribution in [3.05, 3.63) is 59.9 Å². The molecule has 0 unspecified atom stereocenters. The van der Waals surface area contributed by atoms with Gasteiger partial charge in [-0.15, -0.1) is 0 Å². The SMILES string of the molecule is COc1ccc(-c2nc(OC)c(C#N)cc2-c2ccc(S(N)(=O)=O)cc2)cc1F. The van der Waals surface area contributed by atoms with Gasteiger partial charge in [-0.3, -0.25) is 0 Å². The maximum atomic E-state index is 14.3.